The van der Waals surface area contributed by atoms with E-state index >= 15 is 0 Å². The number of hydrogen-bond donors (Lipinski definition) is 1. The zero-order valence-electron chi connectivity index (χ0n) is 23.3. The Kier molecular flexibility index (Phi) is 7.75. The Hall–Kier alpha value is -3.65. The Morgan fingerprint density at radius 3 is 2.38 bits per heavy atom. The third-order valence-corrected chi connectivity index (χ3v) is 7.31. The number of fused-ring (bicyclic) bond motifs is 1. The number of hydrogen-bond acceptors (Lipinski definition) is 6. The predicted molar refractivity (Wildman–Crippen MR) is 152 cm³/mol. The first-order valence-electron chi connectivity index (χ1n) is 13.9. The summed E-state index contributed by atoms with van der Waals surface area (Å²) in [5, 5.41) is 5.08. The summed E-state index contributed by atoms with van der Waals surface area (Å²) in [4.78, 5) is 34.7. The van der Waals surface area contributed by atoms with Crippen molar-refractivity contribution in [1.29, 1.82) is 0 Å². The van der Waals surface area contributed by atoms with Gasteiger partial charge in [-0.25, -0.2) is 9.78 Å². The second-order valence-corrected chi connectivity index (χ2v) is 11.4. The summed E-state index contributed by atoms with van der Waals surface area (Å²) >= 11 is 0. The number of nitrogens with one attached hydrogen (secondary N) is 1. The van der Waals surface area contributed by atoms with Crippen molar-refractivity contribution >= 4 is 22.8 Å². The van der Waals surface area contributed by atoms with Gasteiger partial charge in [0.1, 0.15) is 17.0 Å². The molecule has 206 valence electrons. The fraction of sp³-hybridized carbons (Fsp3) is 0.452. The molecule has 1 aromatic heterocycles. The highest BCUT2D eigenvalue weighted by atomic mass is 16.6. The van der Waals surface area contributed by atoms with Gasteiger partial charge in [-0.15, -0.1) is 0 Å². The molecule has 0 saturated carbocycles. The van der Waals surface area contributed by atoms with Gasteiger partial charge < -0.3 is 19.7 Å². The summed E-state index contributed by atoms with van der Waals surface area (Å²) < 4.78 is 11.0. The number of benzene rings is 2. The molecule has 0 aliphatic carbocycles. The standard InChI is InChI=1S/C31H38N4O4/c1-5-38-25-12-10-21(11-13-25)27-18-22-8-6-7-9-26(22)28(33-27)29(36)32-23-14-16-34(17-15-23)24-19-35(20-24)30(37)39-31(2,3)4/h6-13,18,23-24H,5,14-17,19-20H2,1-4H3,(H,32,36). The third kappa shape index (κ3) is 6.33. The van der Waals surface area contributed by atoms with Crippen molar-refractivity contribution in [2.75, 3.05) is 32.8 Å². The Bertz CT molecular complexity index is 1320. The molecule has 2 amide bonds. The lowest BCUT2D eigenvalue weighted by molar-refractivity contribution is -0.0201. The maximum atomic E-state index is 13.5. The Labute approximate surface area is 230 Å². The summed E-state index contributed by atoms with van der Waals surface area (Å²) in [7, 11) is 0. The molecule has 2 aliphatic rings. The summed E-state index contributed by atoms with van der Waals surface area (Å²) in [6.45, 7) is 11.4. The lowest BCUT2D eigenvalue weighted by Crippen LogP contribution is -2.63. The summed E-state index contributed by atoms with van der Waals surface area (Å²) in [5.74, 6) is 0.669. The molecule has 0 radical (unpaired) electrons. The molecule has 0 atom stereocenters. The van der Waals surface area contributed by atoms with Crippen LogP contribution in [0.2, 0.25) is 0 Å². The van der Waals surface area contributed by atoms with Gasteiger partial charge in [0.25, 0.3) is 5.91 Å². The Morgan fingerprint density at radius 1 is 1.03 bits per heavy atom. The van der Waals surface area contributed by atoms with E-state index in [4.69, 9.17) is 14.5 Å². The first-order chi connectivity index (χ1) is 18.7. The SMILES string of the molecule is CCOc1ccc(-c2cc3ccccc3c(C(=O)NC3CCN(C4CN(C(=O)OC(C)(C)C)C4)CC3)n2)cc1. The molecule has 3 aromatic rings. The quantitative estimate of drug-likeness (QED) is 0.477. The predicted octanol–water partition coefficient (Wildman–Crippen LogP) is 5.11. The first-order valence-corrected chi connectivity index (χ1v) is 13.9. The number of carbonyl (C=O) groups is 2. The van der Waals surface area contributed by atoms with Gasteiger partial charge >= 0.3 is 6.09 Å². The van der Waals surface area contributed by atoms with E-state index in [2.05, 4.69) is 10.2 Å². The molecule has 5 rings (SSSR count). The van der Waals surface area contributed by atoms with Gasteiger partial charge in [0, 0.05) is 49.2 Å². The van der Waals surface area contributed by atoms with Gasteiger partial charge in [-0.2, -0.15) is 0 Å². The molecule has 2 saturated heterocycles. The number of ether oxygens (including phenoxy) is 2. The zero-order valence-corrected chi connectivity index (χ0v) is 23.3. The van der Waals surface area contributed by atoms with Gasteiger partial charge in [0.15, 0.2) is 0 Å². The third-order valence-electron chi connectivity index (χ3n) is 7.31. The molecule has 0 spiro atoms. The topological polar surface area (TPSA) is 84.0 Å². The van der Waals surface area contributed by atoms with E-state index in [1.165, 1.54) is 0 Å². The smallest absolute Gasteiger partial charge is 0.410 e. The number of amides is 2. The summed E-state index contributed by atoms with van der Waals surface area (Å²) in [6, 6.07) is 18.2. The second-order valence-electron chi connectivity index (χ2n) is 11.4. The molecule has 8 heteroatoms. The van der Waals surface area contributed by atoms with E-state index in [-0.39, 0.29) is 18.0 Å². The minimum absolute atomic E-state index is 0.0884. The maximum Gasteiger partial charge on any atom is 0.410 e. The molecular weight excluding hydrogens is 492 g/mol. The number of likely N-dealkylation sites (tertiary alicyclic amines) is 2. The van der Waals surface area contributed by atoms with Crippen LogP contribution in [0, 0.1) is 0 Å². The maximum absolute atomic E-state index is 13.5. The van der Waals surface area contributed by atoms with Crippen LogP contribution in [0.5, 0.6) is 5.75 Å². The molecule has 1 N–H and O–H groups in total. The molecule has 0 bridgehead atoms. The van der Waals surface area contributed by atoms with Crippen LogP contribution in [0.15, 0.2) is 54.6 Å². The minimum Gasteiger partial charge on any atom is -0.494 e. The van der Waals surface area contributed by atoms with E-state index in [9.17, 15) is 9.59 Å². The zero-order chi connectivity index (χ0) is 27.6. The molecule has 39 heavy (non-hydrogen) atoms. The Morgan fingerprint density at radius 2 is 1.72 bits per heavy atom. The highest BCUT2D eigenvalue weighted by molar-refractivity contribution is 6.06. The van der Waals surface area contributed by atoms with Crippen LogP contribution in [0.3, 0.4) is 0 Å². The monoisotopic (exact) mass is 530 g/mol. The number of carbonyl (C=O) groups excluding carboxylic acids is 2. The first kappa shape index (κ1) is 26.9. The molecule has 8 nitrogen and oxygen atoms in total. The van der Waals surface area contributed by atoms with E-state index in [1.54, 1.807) is 4.90 Å². The van der Waals surface area contributed by atoms with Gasteiger partial charge in [0.05, 0.1) is 12.3 Å². The lowest BCUT2D eigenvalue weighted by atomic mass is 9.99. The number of pyridine rings is 1. The largest absolute Gasteiger partial charge is 0.494 e. The van der Waals surface area contributed by atoms with Gasteiger partial charge in [-0.1, -0.05) is 24.3 Å². The highest BCUT2D eigenvalue weighted by Gasteiger charge is 2.38. The number of nitrogens with zero attached hydrogens (tertiary/aromatic N) is 3. The minimum atomic E-state index is -0.480. The summed E-state index contributed by atoms with van der Waals surface area (Å²) in [6.07, 6.45) is 1.49. The van der Waals surface area contributed by atoms with Crippen LogP contribution >= 0.6 is 0 Å². The van der Waals surface area contributed by atoms with Crippen molar-refractivity contribution in [3.8, 4) is 17.0 Å². The average Bonchev–Trinajstić information content (AvgIpc) is 2.88. The fourth-order valence-corrected chi connectivity index (χ4v) is 5.23. The van der Waals surface area contributed by atoms with Crippen LogP contribution < -0.4 is 10.1 Å². The van der Waals surface area contributed by atoms with Crippen molar-refractivity contribution < 1.29 is 19.1 Å². The molecule has 2 aromatic carbocycles. The molecular formula is C31H38N4O4. The van der Waals surface area contributed by atoms with Crippen molar-refractivity contribution in [3.05, 3.63) is 60.3 Å². The average molecular weight is 531 g/mol. The van der Waals surface area contributed by atoms with E-state index in [0.29, 0.717) is 31.4 Å². The number of aromatic nitrogens is 1. The Balaban J connectivity index is 1.21. The van der Waals surface area contributed by atoms with Crippen LogP contribution in [0.25, 0.3) is 22.0 Å². The van der Waals surface area contributed by atoms with Gasteiger partial charge in [-0.05, 0) is 76.3 Å². The number of rotatable bonds is 6. The lowest BCUT2D eigenvalue weighted by Gasteiger charge is -2.47. The molecule has 2 aliphatic heterocycles. The van der Waals surface area contributed by atoms with Gasteiger partial charge in [-0.3, -0.25) is 9.69 Å². The summed E-state index contributed by atoms with van der Waals surface area (Å²) in [5.41, 5.74) is 1.67. The van der Waals surface area contributed by atoms with E-state index in [1.807, 2.05) is 82.3 Å². The van der Waals surface area contributed by atoms with Crippen LogP contribution in [0.4, 0.5) is 4.79 Å². The highest BCUT2D eigenvalue weighted by Crippen LogP contribution is 2.27. The van der Waals surface area contributed by atoms with Crippen molar-refractivity contribution in [3.63, 3.8) is 0 Å². The molecule has 3 heterocycles. The van der Waals surface area contributed by atoms with Crippen molar-refractivity contribution in [2.24, 2.45) is 0 Å². The van der Waals surface area contributed by atoms with Gasteiger partial charge in [0.2, 0.25) is 0 Å². The van der Waals surface area contributed by atoms with Crippen LogP contribution in [-0.2, 0) is 4.74 Å². The molecule has 0 unspecified atom stereocenters. The van der Waals surface area contributed by atoms with Crippen LogP contribution in [-0.4, -0.2) is 77.3 Å². The number of piperidine rings is 1. The van der Waals surface area contributed by atoms with Crippen LogP contribution in [0.1, 0.15) is 51.0 Å². The fourth-order valence-electron chi connectivity index (χ4n) is 5.23. The van der Waals surface area contributed by atoms with Crippen molar-refractivity contribution in [2.45, 2.75) is 58.2 Å². The molecule has 2 fully saturated rings. The van der Waals surface area contributed by atoms with Crippen molar-refractivity contribution in [1.82, 2.24) is 20.1 Å². The van der Waals surface area contributed by atoms with E-state index < -0.39 is 5.60 Å². The normalized spacial score (nSPS) is 17.1. The van der Waals surface area contributed by atoms with E-state index in [0.717, 1.165) is 53.7 Å². The second kappa shape index (κ2) is 11.2.